The normalized spacial score (nSPS) is 22.0. The van der Waals surface area contributed by atoms with Gasteiger partial charge >= 0.3 is 12.7 Å². The van der Waals surface area contributed by atoms with Crippen LogP contribution in [0.15, 0.2) is 42.7 Å². The molecule has 1 saturated carbocycles. The van der Waals surface area contributed by atoms with Crippen molar-refractivity contribution in [2.75, 3.05) is 4.90 Å². The SMILES string of the molecule is CC1CC(c2cccc(N3Cc4c(cc(CO)cc4C(F)(F)F)C3=O)c2)(c2nncn2C(F)F)C1. The van der Waals surface area contributed by atoms with Crippen molar-refractivity contribution in [3.63, 3.8) is 0 Å². The molecular formula is C24H21F5N4O2. The number of anilines is 1. The molecule has 1 aliphatic carbocycles. The number of alkyl halides is 5. The number of carbonyl (C=O) groups excluding carboxylic acids is 1. The third-order valence-corrected chi connectivity index (χ3v) is 6.91. The zero-order valence-electron chi connectivity index (χ0n) is 18.6. The Labute approximate surface area is 197 Å². The van der Waals surface area contributed by atoms with Crippen LogP contribution < -0.4 is 4.90 Å². The molecule has 2 aliphatic rings. The summed E-state index contributed by atoms with van der Waals surface area (Å²) >= 11 is 0. The van der Waals surface area contributed by atoms with Crippen LogP contribution in [0.3, 0.4) is 0 Å². The molecule has 0 saturated heterocycles. The molecule has 0 spiro atoms. The molecule has 1 fully saturated rings. The number of fused-ring (bicyclic) bond motifs is 1. The lowest BCUT2D eigenvalue weighted by atomic mass is 9.58. The van der Waals surface area contributed by atoms with E-state index in [9.17, 15) is 31.9 Å². The molecule has 0 radical (unpaired) electrons. The predicted octanol–water partition coefficient (Wildman–Crippen LogP) is 5.06. The van der Waals surface area contributed by atoms with E-state index in [1.165, 1.54) is 11.0 Å². The van der Waals surface area contributed by atoms with Crippen molar-refractivity contribution in [3.05, 3.63) is 76.4 Å². The average Bonchev–Trinajstić information content (AvgIpc) is 3.41. The van der Waals surface area contributed by atoms with Gasteiger partial charge in [-0.25, -0.2) is 0 Å². The topological polar surface area (TPSA) is 71.2 Å². The molecule has 1 aliphatic heterocycles. The first-order chi connectivity index (χ1) is 16.5. The maximum atomic E-state index is 13.7. The number of aliphatic hydroxyl groups is 1. The highest BCUT2D eigenvalue weighted by Gasteiger charge is 2.49. The summed E-state index contributed by atoms with van der Waals surface area (Å²) in [6, 6.07) is 8.78. The number of halogens is 5. The predicted molar refractivity (Wildman–Crippen MR) is 115 cm³/mol. The lowest BCUT2D eigenvalue weighted by Crippen LogP contribution is -2.43. The molecule has 11 heteroatoms. The van der Waals surface area contributed by atoms with Gasteiger partial charge in [-0.1, -0.05) is 19.1 Å². The average molecular weight is 492 g/mol. The summed E-state index contributed by atoms with van der Waals surface area (Å²) in [7, 11) is 0. The van der Waals surface area contributed by atoms with Gasteiger partial charge in [0.2, 0.25) is 0 Å². The van der Waals surface area contributed by atoms with E-state index in [1.807, 2.05) is 6.92 Å². The van der Waals surface area contributed by atoms with Gasteiger partial charge in [0.15, 0.2) is 0 Å². The standard InChI is InChI=1S/C24H21F5N4O2/c1-13-8-23(9-13,21-31-30-12-33(21)22(25)26)15-3-2-4-16(7-15)32-10-18-17(20(32)35)5-14(11-34)6-19(18)24(27,28)29/h2-7,12-13,22,34H,8-11H2,1H3. The van der Waals surface area contributed by atoms with E-state index in [2.05, 4.69) is 10.2 Å². The van der Waals surface area contributed by atoms with Gasteiger partial charge in [-0.05, 0) is 59.7 Å². The Morgan fingerprint density at radius 1 is 1.20 bits per heavy atom. The van der Waals surface area contributed by atoms with Crippen molar-refractivity contribution in [3.8, 4) is 0 Å². The summed E-state index contributed by atoms with van der Waals surface area (Å²) in [6.45, 7) is -1.77. The van der Waals surface area contributed by atoms with Gasteiger partial charge in [0.25, 0.3) is 5.91 Å². The minimum atomic E-state index is -4.70. The lowest BCUT2D eigenvalue weighted by molar-refractivity contribution is -0.138. The highest BCUT2D eigenvalue weighted by Crippen LogP contribution is 2.52. The van der Waals surface area contributed by atoms with Crippen LogP contribution in [-0.4, -0.2) is 25.8 Å². The number of aliphatic hydroxyl groups excluding tert-OH is 1. The van der Waals surface area contributed by atoms with E-state index in [-0.39, 0.29) is 35.0 Å². The molecule has 0 unspecified atom stereocenters. The highest BCUT2D eigenvalue weighted by atomic mass is 19.4. The van der Waals surface area contributed by atoms with Gasteiger partial charge in [0.1, 0.15) is 12.2 Å². The number of hydrogen-bond acceptors (Lipinski definition) is 4. The Kier molecular flexibility index (Phi) is 5.42. The maximum absolute atomic E-state index is 13.7. The summed E-state index contributed by atoms with van der Waals surface area (Å²) in [5.41, 5.74) is -1.09. The maximum Gasteiger partial charge on any atom is 0.416 e. The first-order valence-corrected chi connectivity index (χ1v) is 11.0. The van der Waals surface area contributed by atoms with Crippen LogP contribution in [0.4, 0.5) is 27.6 Å². The molecule has 5 rings (SSSR count). The molecular weight excluding hydrogens is 471 g/mol. The zero-order valence-corrected chi connectivity index (χ0v) is 18.6. The Bertz CT molecular complexity index is 1300. The summed E-state index contributed by atoms with van der Waals surface area (Å²) in [5.74, 6) is -0.263. The number of nitrogens with zero attached hydrogens (tertiary/aromatic N) is 4. The minimum absolute atomic E-state index is 0.00577. The van der Waals surface area contributed by atoms with Gasteiger partial charge in [-0.2, -0.15) is 22.0 Å². The van der Waals surface area contributed by atoms with Crippen LogP contribution in [0, 0.1) is 5.92 Å². The Hall–Kier alpha value is -3.34. The van der Waals surface area contributed by atoms with Crippen molar-refractivity contribution in [1.82, 2.24) is 14.8 Å². The first-order valence-electron chi connectivity index (χ1n) is 11.0. The van der Waals surface area contributed by atoms with Crippen LogP contribution in [0.1, 0.15) is 64.8 Å². The quantitative estimate of drug-likeness (QED) is 0.506. The van der Waals surface area contributed by atoms with Gasteiger partial charge in [-0.15, -0.1) is 10.2 Å². The first kappa shape index (κ1) is 23.4. The van der Waals surface area contributed by atoms with Crippen molar-refractivity contribution in [1.29, 1.82) is 0 Å². The number of rotatable bonds is 5. The largest absolute Gasteiger partial charge is 0.416 e. The Balaban J connectivity index is 1.56. The van der Waals surface area contributed by atoms with Crippen molar-refractivity contribution in [2.45, 2.75) is 51.1 Å². The van der Waals surface area contributed by atoms with Crippen LogP contribution in [0.5, 0.6) is 0 Å². The fourth-order valence-corrected chi connectivity index (χ4v) is 5.40. The second kappa shape index (κ2) is 8.11. The molecule has 2 aromatic carbocycles. The van der Waals surface area contributed by atoms with E-state index in [4.69, 9.17) is 0 Å². The van der Waals surface area contributed by atoms with Crippen LogP contribution >= 0.6 is 0 Å². The molecule has 2 heterocycles. The fraction of sp³-hybridized carbons (Fsp3) is 0.375. The van der Waals surface area contributed by atoms with E-state index < -0.39 is 36.2 Å². The molecule has 184 valence electrons. The second-order valence-electron chi connectivity index (χ2n) is 9.20. The number of amides is 1. The van der Waals surface area contributed by atoms with E-state index in [0.29, 0.717) is 24.1 Å². The summed E-state index contributed by atoms with van der Waals surface area (Å²) in [5, 5.41) is 17.1. The number of aromatic nitrogens is 3. The summed E-state index contributed by atoms with van der Waals surface area (Å²) in [4.78, 5) is 14.4. The zero-order chi connectivity index (χ0) is 25.1. The monoisotopic (exact) mass is 492 g/mol. The van der Waals surface area contributed by atoms with Crippen molar-refractivity contribution >= 4 is 11.6 Å². The van der Waals surface area contributed by atoms with E-state index >= 15 is 0 Å². The van der Waals surface area contributed by atoms with Gasteiger partial charge in [0, 0.05) is 11.3 Å². The molecule has 0 atom stereocenters. The minimum Gasteiger partial charge on any atom is -0.392 e. The molecule has 3 aromatic rings. The van der Waals surface area contributed by atoms with Crippen molar-refractivity contribution in [2.24, 2.45) is 5.92 Å². The molecule has 35 heavy (non-hydrogen) atoms. The van der Waals surface area contributed by atoms with Gasteiger partial charge in [0.05, 0.1) is 24.1 Å². The molecule has 1 N–H and O–H groups in total. The third kappa shape index (κ3) is 3.69. The highest BCUT2D eigenvalue weighted by molar-refractivity contribution is 6.10. The van der Waals surface area contributed by atoms with Crippen LogP contribution in [0.25, 0.3) is 0 Å². The fourth-order valence-electron chi connectivity index (χ4n) is 5.40. The number of hydrogen-bond donors (Lipinski definition) is 1. The molecule has 1 aromatic heterocycles. The molecule has 0 bridgehead atoms. The summed E-state index contributed by atoms with van der Waals surface area (Å²) < 4.78 is 69.0. The lowest BCUT2D eigenvalue weighted by Gasteiger charge is -2.46. The van der Waals surface area contributed by atoms with Gasteiger partial charge < -0.3 is 10.0 Å². The number of benzene rings is 2. The van der Waals surface area contributed by atoms with Crippen molar-refractivity contribution < 1.29 is 31.9 Å². The molecule has 6 nitrogen and oxygen atoms in total. The van der Waals surface area contributed by atoms with Crippen LogP contribution in [-0.2, 0) is 24.7 Å². The van der Waals surface area contributed by atoms with E-state index in [0.717, 1.165) is 17.0 Å². The van der Waals surface area contributed by atoms with Gasteiger partial charge in [-0.3, -0.25) is 9.36 Å². The smallest absolute Gasteiger partial charge is 0.392 e. The second-order valence-corrected chi connectivity index (χ2v) is 9.20. The van der Waals surface area contributed by atoms with Crippen LogP contribution in [0.2, 0.25) is 0 Å². The number of carbonyl (C=O) groups is 1. The summed E-state index contributed by atoms with van der Waals surface area (Å²) in [6.07, 6.45) is -2.65. The Morgan fingerprint density at radius 3 is 2.57 bits per heavy atom. The third-order valence-electron chi connectivity index (χ3n) is 6.91. The molecule has 1 amide bonds. The van der Waals surface area contributed by atoms with E-state index in [1.54, 1.807) is 24.3 Å². The Morgan fingerprint density at radius 2 is 1.94 bits per heavy atom.